The molecule has 0 atom stereocenters. The second-order valence-electron chi connectivity index (χ2n) is 7.80. The number of aromatic nitrogens is 1. The fourth-order valence-electron chi connectivity index (χ4n) is 3.94. The summed E-state index contributed by atoms with van der Waals surface area (Å²) >= 11 is 1.65. The van der Waals surface area contributed by atoms with Crippen LogP contribution in [0.15, 0.2) is 47.8 Å². The van der Waals surface area contributed by atoms with Gasteiger partial charge in [-0.2, -0.15) is 0 Å². The number of rotatable bonds is 5. The Bertz CT molecular complexity index is 1090. The number of thiazole rings is 1. The molecular weight excluding hydrogens is 426 g/mol. The normalized spacial score (nSPS) is 16.1. The molecule has 3 heterocycles. The van der Waals surface area contributed by atoms with Gasteiger partial charge in [0.05, 0.1) is 12.8 Å². The van der Waals surface area contributed by atoms with E-state index in [9.17, 15) is 4.79 Å². The highest BCUT2D eigenvalue weighted by molar-refractivity contribution is 7.13. The Kier molecular flexibility index (Phi) is 5.96. The molecule has 2 aliphatic heterocycles. The zero-order valence-electron chi connectivity index (χ0n) is 18.0. The number of methoxy groups -OCH3 is 1. The Balaban J connectivity index is 1.16. The first-order valence-electron chi connectivity index (χ1n) is 10.7. The van der Waals surface area contributed by atoms with E-state index in [-0.39, 0.29) is 5.91 Å². The SMILES string of the molecule is COc1ccc(-c2nc(CN3CCN(C(=O)c4ccc5c(c4)OCCO5)CC3)cs2)cc1. The number of carbonyl (C=O) groups is 1. The molecule has 1 fully saturated rings. The summed E-state index contributed by atoms with van der Waals surface area (Å²) in [5.74, 6) is 2.23. The molecule has 0 aliphatic carbocycles. The first-order chi connectivity index (χ1) is 15.7. The zero-order chi connectivity index (χ0) is 21.9. The summed E-state index contributed by atoms with van der Waals surface area (Å²) in [5, 5.41) is 3.13. The molecule has 0 spiro atoms. The van der Waals surface area contributed by atoms with Gasteiger partial charge in [0.25, 0.3) is 5.91 Å². The molecule has 0 saturated carbocycles. The number of hydrogen-bond donors (Lipinski definition) is 0. The Hall–Kier alpha value is -3.10. The van der Waals surface area contributed by atoms with Crippen LogP contribution in [0.4, 0.5) is 0 Å². The van der Waals surface area contributed by atoms with Crippen molar-refractivity contribution < 1.29 is 19.0 Å². The molecule has 2 aliphatic rings. The van der Waals surface area contributed by atoms with Gasteiger partial charge in [0.1, 0.15) is 24.0 Å². The topological polar surface area (TPSA) is 64.1 Å². The summed E-state index contributed by atoms with van der Waals surface area (Å²) in [7, 11) is 1.67. The van der Waals surface area contributed by atoms with E-state index in [0.717, 1.165) is 41.6 Å². The lowest BCUT2D eigenvalue weighted by Gasteiger charge is -2.34. The lowest BCUT2D eigenvalue weighted by atomic mass is 10.1. The smallest absolute Gasteiger partial charge is 0.254 e. The number of piperazine rings is 1. The van der Waals surface area contributed by atoms with Crippen LogP contribution >= 0.6 is 11.3 Å². The fraction of sp³-hybridized carbons (Fsp3) is 0.333. The van der Waals surface area contributed by atoms with Crippen LogP contribution in [0.25, 0.3) is 10.6 Å². The van der Waals surface area contributed by atoms with Gasteiger partial charge in [0.15, 0.2) is 11.5 Å². The van der Waals surface area contributed by atoms with E-state index in [4.69, 9.17) is 19.2 Å². The van der Waals surface area contributed by atoms with Crippen LogP contribution in [-0.4, -0.2) is 67.2 Å². The van der Waals surface area contributed by atoms with Crippen LogP contribution in [0.2, 0.25) is 0 Å². The predicted octanol–water partition coefficient (Wildman–Crippen LogP) is 3.55. The van der Waals surface area contributed by atoms with E-state index >= 15 is 0 Å². The Labute approximate surface area is 191 Å². The molecule has 2 aromatic carbocycles. The minimum absolute atomic E-state index is 0.0390. The maximum absolute atomic E-state index is 12.9. The van der Waals surface area contributed by atoms with Crippen molar-refractivity contribution in [3.8, 4) is 27.8 Å². The second kappa shape index (κ2) is 9.18. The second-order valence-corrected chi connectivity index (χ2v) is 8.66. The summed E-state index contributed by atoms with van der Waals surface area (Å²) in [5.41, 5.74) is 2.80. The van der Waals surface area contributed by atoms with E-state index in [1.54, 1.807) is 24.5 Å². The van der Waals surface area contributed by atoms with Crippen molar-refractivity contribution in [2.45, 2.75) is 6.54 Å². The number of nitrogens with zero attached hydrogens (tertiary/aromatic N) is 3. The zero-order valence-corrected chi connectivity index (χ0v) is 18.8. The highest BCUT2D eigenvalue weighted by Gasteiger charge is 2.24. The van der Waals surface area contributed by atoms with Crippen molar-refractivity contribution >= 4 is 17.2 Å². The van der Waals surface area contributed by atoms with Gasteiger partial charge in [-0.05, 0) is 42.5 Å². The molecule has 1 aromatic heterocycles. The Morgan fingerprint density at radius 1 is 1.03 bits per heavy atom. The van der Waals surface area contributed by atoms with Crippen molar-refractivity contribution in [3.05, 3.63) is 59.1 Å². The molecule has 0 unspecified atom stereocenters. The van der Waals surface area contributed by atoms with E-state index in [0.29, 0.717) is 43.4 Å². The molecule has 1 amide bonds. The molecule has 0 radical (unpaired) electrons. The molecule has 32 heavy (non-hydrogen) atoms. The monoisotopic (exact) mass is 451 g/mol. The van der Waals surface area contributed by atoms with E-state index in [1.165, 1.54) is 0 Å². The quantitative estimate of drug-likeness (QED) is 0.591. The van der Waals surface area contributed by atoms with Crippen LogP contribution in [0, 0.1) is 0 Å². The van der Waals surface area contributed by atoms with Crippen molar-refractivity contribution in [3.63, 3.8) is 0 Å². The maximum Gasteiger partial charge on any atom is 0.254 e. The Morgan fingerprint density at radius 2 is 1.78 bits per heavy atom. The van der Waals surface area contributed by atoms with E-state index in [1.807, 2.05) is 41.3 Å². The molecule has 166 valence electrons. The highest BCUT2D eigenvalue weighted by atomic mass is 32.1. The third-order valence-corrected chi connectivity index (χ3v) is 6.66. The highest BCUT2D eigenvalue weighted by Crippen LogP contribution is 2.31. The largest absolute Gasteiger partial charge is 0.497 e. The molecule has 5 rings (SSSR count). The van der Waals surface area contributed by atoms with Crippen LogP contribution in [0.5, 0.6) is 17.2 Å². The van der Waals surface area contributed by atoms with Gasteiger partial charge in [-0.25, -0.2) is 4.98 Å². The van der Waals surface area contributed by atoms with Gasteiger partial charge in [-0.15, -0.1) is 11.3 Å². The summed E-state index contributed by atoms with van der Waals surface area (Å²) < 4.78 is 16.4. The average Bonchev–Trinajstić information content (AvgIpc) is 3.32. The summed E-state index contributed by atoms with van der Waals surface area (Å²) in [6.45, 7) is 4.89. The van der Waals surface area contributed by atoms with Gasteiger partial charge in [-0.3, -0.25) is 9.69 Å². The summed E-state index contributed by atoms with van der Waals surface area (Å²) in [4.78, 5) is 22.0. The number of fused-ring (bicyclic) bond motifs is 1. The van der Waals surface area contributed by atoms with Gasteiger partial charge in [-0.1, -0.05) is 0 Å². The van der Waals surface area contributed by atoms with Crippen molar-refractivity contribution in [2.24, 2.45) is 0 Å². The molecule has 1 saturated heterocycles. The lowest BCUT2D eigenvalue weighted by molar-refractivity contribution is 0.0626. The fourth-order valence-corrected chi connectivity index (χ4v) is 4.76. The first-order valence-corrected chi connectivity index (χ1v) is 11.6. The number of hydrogen-bond acceptors (Lipinski definition) is 7. The number of ether oxygens (including phenoxy) is 3. The van der Waals surface area contributed by atoms with E-state index < -0.39 is 0 Å². The molecular formula is C24H25N3O4S. The molecule has 3 aromatic rings. The van der Waals surface area contributed by atoms with Crippen molar-refractivity contribution in [1.29, 1.82) is 0 Å². The van der Waals surface area contributed by atoms with E-state index in [2.05, 4.69) is 10.3 Å². The third-order valence-electron chi connectivity index (χ3n) is 5.72. The standard InChI is InChI=1S/C24H25N3O4S/c1-29-20-5-2-17(3-6-20)23-25-19(16-32-23)15-26-8-10-27(11-9-26)24(28)18-4-7-21-22(14-18)31-13-12-30-21/h2-7,14,16H,8-13,15H2,1H3. The average molecular weight is 452 g/mol. The molecule has 8 heteroatoms. The van der Waals surface area contributed by atoms with Crippen LogP contribution in [0.3, 0.4) is 0 Å². The summed E-state index contributed by atoms with van der Waals surface area (Å²) in [6, 6.07) is 13.4. The van der Waals surface area contributed by atoms with Gasteiger partial charge >= 0.3 is 0 Å². The van der Waals surface area contributed by atoms with Crippen LogP contribution in [-0.2, 0) is 6.54 Å². The van der Waals surface area contributed by atoms with Gasteiger partial charge in [0, 0.05) is 49.2 Å². The van der Waals surface area contributed by atoms with Gasteiger partial charge in [0.2, 0.25) is 0 Å². The third kappa shape index (κ3) is 4.42. The van der Waals surface area contributed by atoms with Gasteiger partial charge < -0.3 is 19.1 Å². The number of benzene rings is 2. The van der Waals surface area contributed by atoms with Crippen molar-refractivity contribution in [1.82, 2.24) is 14.8 Å². The minimum Gasteiger partial charge on any atom is -0.497 e. The predicted molar refractivity (Wildman–Crippen MR) is 123 cm³/mol. The first kappa shape index (κ1) is 20.8. The van der Waals surface area contributed by atoms with Crippen LogP contribution < -0.4 is 14.2 Å². The Morgan fingerprint density at radius 3 is 2.53 bits per heavy atom. The number of amides is 1. The molecule has 0 bridgehead atoms. The molecule has 0 N–H and O–H groups in total. The maximum atomic E-state index is 12.9. The minimum atomic E-state index is 0.0390. The summed E-state index contributed by atoms with van der Waals surface area (Å²) in [6.07, 6.45) is 0. The van der Waals surface area contributed by atoms with Crippen LogP contribution in [0.1, 0.15) is 16.1 Å². The number of carbonyl (C=O) groups excluding carboxylic acids is 1. The molecule has 7 nitrogen and oxygen atoms in total. The van der Waals surface area contributed by atoms with Crippen molar-refractivity contribution in [2.75, 3.05) is 46.5 Å². The lowest BCUT2D eigenvalue weighted by Crippen LogP contribution is -2.48.